The van der Waals surface area contributed by atoms with Gasteiger partial charge in [-0.15, -0.1) is 0 Å². The van der Waals surface area contributed by atoms with Crippen LogP contribution in [0.2, 0.25) is 0 Å². The number of fused-ring (bicyclic) bond motifs is 3. The normalized spacial score (nSPS) is 25.8. The van der Waals surface area contributed by atoms with Crippen LogP contribution in [0, 0.1) is 11.3 Å². The molecule has 0 aliphatic heterocycles. The Labute approximate surface area is 202 Å². The van der Waals surface area contributed by atoms with Gasteiger partial charge in [0, 0.05) is 11.4 Å². The molecule has 1 saturated carbocycles. The number of hydrogen-bond donors (Lipinski definition) is 3. The van der Waals surface area contributed by atoms with Gasteiger partial charge in [0.2, 0.25) is 0 Å². The summed E-state index contributed by atoms with van der Waals surface area (Å²) in [6.45, 7) is 8.41. The lowest BCUT2D eigenvalue weighted by Crippen LogP contribution is -2.52. The number of aryl methyl sites for hydroxylation is 1. The minimum atomic E-state index is -0.721. The quantitative estimate of drug-likeness (QED) is 0.468. The predicted octanol–water partition coefficient (Wildman–Crippen LogP) is 6.56. The number of rotatable bonds is 5. The smallest absolute Gasteiger partial charge is 0.323 e. The fourth-order valence-corrected chi connectivity index (χ4v) is 6.34. The summed E-state index contributed by atoms with van der Waals surface area (Å²) in [5.74, 6) is 0.349. The number of urea groups is 1. The molecule has 4 rings (SSSR count). The van der Waals surface area contributed by atoms with Crippen LogP contribution in [-0.2, 0) is 16.6 Å². The number of methoxy groups -OCH3 is 1. The van der Waals surface area contributed by atoms with Gasteiger partial charge in [0.15, 0.2) is 0 Å². The number of carbonyl (C=O) groups excluding carboxylic acids is 1. The molecule has 3 atom stereocenters. The van der Waals surface area contributed by atoms with Crippen LogP contribution < -0.4 is 15.4 Å². The number of hydrogen-bond acceptors (Lipinski definition) is 3. The van der Waals surface area contributed by atoms with Crippen LogP contribution in [0.15, 0.2) is 36.4 Å². The van der Waals surface area contributed by atoms with Gasteiger partial charge in [0.05, 0.1) is 12.5 Å². The average Bonchev–Trinajstić information content (AvgIpc) is 2.79. The number of benzene rings is 2. The van der Waals surface area contributed by atoms with Crippen molar-refractivity contribution in [2.24, 2.45) is 11.3 Å². The molecule has 2 amide bonds. The monoisotopic (exact) mass is 464 g/mol. The lowest BCUT2D eigenvalue weighted by molar-refractivity contribution is -0.157. The Morgan fingerprint density at radius 2 is 1.79 bits per heavy atom. The third-order valence-corrected chi connectivity index (χ3v) is 8.23. The maximum atomic E-state index is 12.9. The lowest BCUT2D eigenvalue weighted by atomic mass is 9.49. The van der Waals surface area contributed by atoms with Crippen molar-refractivity contribution in [1.82, 2.24) is 0 Å². The number of ether oxygens (including phenoxy) is 1. The molecule has 0 bridgehead atoms. The molecule has 34 heavy (non-hydrogen) atoms. The molecule has 2 aromatic carbocycles. The second-order valence-electron chi connectivity index (χ2n) is 10.6. The van der Waals surface area contributed by atoms with Crippen molar-refractivity contribution in [2.75, 3.05) is 17.7 Å². The third kappa shape index (κ3) is 4.15. The Morgan fingerprint density at radius 1 is 1.09 bits per heavy atom. The SMILES string of the molecule is COc1ccc(NC(=O)Nc2cc3c(cc2C(C)C)CC[C@H]2[C@](C)(C(=O)O)CCC[C@]32C)cc1. The van der Waals surface area contributed by atoms with Crippen molar-refractivity contribution >= 4 is 23.4 Å². The van der Waals surface area contributed by atoms with E-state index in [0.717, 1.165) is 49.1 Å². The first kappa shape index (κ1) is 24.1. The Bertz CT molecular complexity index is 1090. The summed E-state index contributed by atoms with van der Waals surface area (Å²) < 4.78 is 5.18. The molecule has 6 nitrogen and oxygen atoms in total. The van der Waals surface area contributed by atoms with Crippen molar-refractivity contribution in [3.8, 4) is 5.75 Å². The summed E-state index contributed by atoms with van der Waals surface area (Å²) in [5.41, 5.74) is 4.11. The summed E-state index contributed by atoms with van der Waals surface area (Å²) in [6.07, 6.45) is 4.33. The van der Waals surface area contributed by atoms with Gasteiger partial charge in [-0.1, -0.05) is 33.3 Å². The zero-order valence-corrected chi connectivity index (χ0v) is 20.8. The number of nitrogens with one attached hydrogen (secondary N) is 2. The number of carboxylic acids is 1. The molecular formula is C28H36N2O4. The van der Waals surface area contributed by atoms with E-state index in [4.69, 9.17) is 4.74 Å². The molecule has 2 aromatic rings. The van der Waals surface area contributed by atoms with E-state index in [0.29, 0.717) is 5.69 Å². The molecule has 2 aliphatic carbocycles. The lowest BCUT2D eigenvalue weighted by Gasteiger charge is -2.53. The second-order valence-corrected chi connectivity index (χ2v) is 10.6. The summed E-state index contributed by atoms with van der Waals surface area (Å²) in [6, 6.07) is 11.3. The zero-order chi connectivity index (χ0) is 24.7. The molecule has 3 N–H and O–H groups in total. The van der Waals surface area contributed by atoms with Gasteiger partial charge in [-0.2, -0.15) is 0 Å². The minimum Gasteiger partial charge on any atom is -0.497 e. The Balaban J connectivity index is 1.67. The molecule has 0 saturated heterocycles. The highest BCUT2D eigenvalue weighted by Gasteiger charge is 2.55. The van der Waals surface area contributed by atoms with Crippen LogP contribution in [0.25, 0.3) is 0 Å². The van der Waals surface area contributed by atoms with Gasteiger partial charge in [0.25, 0.3) is 0 Å². The summed E-state index contributed by atoms with van der Waals surface area (Å²) >= 11 is 0. The number of carbonyl (C=O) groups is 2. The van der Waals surface area contributed by atoms with Crippen LogP contribution in [0.3, 0.4) is 0 Å². The van der Waals surface area contributed by atoms with Crippen LogP contribution in [0.4, 0.5) is 16.2 Å². The number of aliphatic carboxylic acids is 1. The fourth-order valence-electron chi connectivity index (χ4n) is 6.34. The Kier molecular flexibility index (Phi) is 6.36. The van der Waals surface area contributed by atoms with E-state index in [9.17, 15) is 14.7 Å². The van der Waals surface area contributed by atoms with Gasteiger partial charge in [-0.3, -0.25) is 4.79 Å². The van der Waals surface area contributed by atoms with Crippen molar-refractivity contribution in [1.29, 1.82) is 0 Å². The van der Waals surface area contributed by atoms with E-state index in [1.54, 1.807) is 31.4 Å². The van der Waals surface area contributed by atoms with Gasteiger partial charge in [-0.05, 0) is 96.9 Å². The van der Waals surface area contributed by atoms with E-state index in [2.05, 4.69) is 43.5 Å². The van der Waals surface area contributed by atoms with Crippen molar-refractivity contribution < 1.29 is 19.4 Å². The maximum absolute atomic E-state index is 12.9. The summed E-state index contributed by atoms with van der Waals surface area (Å²) in [4.78, 5) is 25.2. The molecule has 0 aromatic heterocycles. The van der Waals surface area contributed by atoms with E-state index >= 15 is 0 Å². The highest BCUT2D eigenvalue weighted by atomic mass is 16.5. The maximum Gasteiger partial charge on any atom is 0.323 e. The van der Waals surface area contributed by atoms with Crippen LogP contribution in [0.5, 0.6) is 5.75 Å². The first-order valence-electron chi connectivity index (χ1n) is 12.2. The molecule has 1 fully saturated rings. The number of amides is 2. The number of anilines is 2. The van der Waals surface area contributed by atoms with E-state index < -0.39 is 11.4 Å². The molecule has 0 radical (unpaired) electrons. The Hall–Kier alpha value is -3.02. The molecule has 0 unspecified atom stereocenters. The largest absolute Gasteiger partial charge is 0.497 e. The molecule has 6 heteroatoms. The average molecular weight is 465 g/mol. The van der Waals surface area contributed by atoms with Crippen LogP contribution in [0.1, 0.15) is 76.0 Å². The van der Waals surface area contributed by atoms with Crippen LogP contribution >= 0.6 is 0 Å². The first-order chi connectivity index (χ1) is 16.1. The predicted molar refractivity (Wildman–Crippen MR) is 135 cm³/mol. The van der Waals surface area contributed by atoms with E-state index in [1.165, 1.54) is 11.1 Å². The summed E-state index contributed by atoms with van der Waals surface area (Å²) in [7, 11) is 1.61. The van der Waals surface area contributed by atoms with Gasteiger partial charge in [0.1, 0.15) is 5.75 Å². The van der Waals surface area contributed by atoms with Gasteiger partial charge in [-0.25, -0.2) is 4.79 Å². The first-order valence-corrected chi connectivity index (χ1v) is 12.2. The minimum absolute atomic E-state index is 0.0737. The molecular weight excluding hydrogens is 428 g/mol. The zero-order valence-electron chi connectivity index (χ0n) is 20.8. The molecule has 0 spiro atoms. The molecule has 2 aliphatic rings. The Morgan fingerprint density at radius 3 is 2.41 bits per heavy atom. The van der Waals surface area contributed by atoms with E-state index in [-0.39, 0.29) is 23.3 Å². The van der Waals surface area contributed by atoms with Crippen molar-refractivity contribution in [3.05, 3.63) is 53.1 Å². The van der Waals surface area contributed by atoms with Crippen LogP contribution in [-0.4, -0.2) is 24.2 Å². The van der Waals surface area contributed by atoms with Crippen molar-refractivity contribution in [2.45, 2.75) is 71.1 Å². The third-order valence-electron chi connectivity index (χ3n) is 8.23. The fraction of sp³-hybridized carbons (Fsp3) is 0.500. The number of carboxylic acid groups (broad SMARTS) is 1. The summed E-state index contributed by atoms with van der Waals surface area (Å²) in [5, 5.41) is 16.1. The van der Waals surface area contributed by atoms with E-state index in [1.807, 2.05) is 6.92 Å². The topological polar surface area (TPSA) is 87.7 Å². The second kappa shape index (κ2) is 8.97. The molecule has 182 valence electrons. The van der Waals surface area contributed by atoms with Gasteiger partial charge < -0.3 is 20.5 Å². The van der Waals surface area contributed by atoms with Gasteiger partial charge >= 0.3 is 12.0 Å². The molecule has 0 heterocycles. The highest BCUT2D eigenvalue weighted by molar-refractivity contribution is 6.00. The van der Waals surface area contributed by atoms with Crippen molar-refractivity contribution in [3.63, 3.8) is 0 Å². The highest BCUT2D eigenvalue weighted by Crippen LogP contribution is 2.58. The standard InChI is InChI=1S/C28H36N2O4/c1-17(2)21-15-18-7-12-24-27(3,13-6-14-28(24,4)25(31)32)22(18)16-23(21)30-26(33)29-19-8-10-20(34-5)11-9-19/h8-11,15-17,24H,6-7,12-14H2,1-5H3,(H,31,32)(H2,29,30,33)/t24-,27-,28-/m1/s1.